The fraction of sp³-hybridized carbons (Fsp3) is 0.533. The molecule has 0 aromatic heterocycles. The van der Waals surface area contributed by atoms with E-state index in [4.69, 9.17) is 5.73 Å². The fourth-order valence-corrected chi connectivity index (χ4v) is 1.83. The standard InChI is InChI=1S/C15H22F2N2O2/c1-10(2)12(18)8-9-19(3)14(20)11-6-4-5-7-13(11)21-15(16)17/h4-7,10,12,15H,8-9,18H2,1-3H3. The number of benzene rings is 1. The van der Waals surface area contributed by atoms with Crippen LogP contribution in [0, 0.1) is 5.92 Å². The number of ether oxygens (including phenoxy) is 1. The van der Waals surface area contributed by atoms with Crippen LogP contribution >= 0.6 is 0 Å². The Morgan fingerprint density at radius 3 is 2.52 bits per heavy atom. The molecule has 0 heterocycles. The number of nitrogens with zero attached hydrogens (tertiary/aromatic N) is 1. The Balaban J connectivity index is 2.74. The summed E-state index contributed by atoms with van der Waals surface area (Å²) in [5.74, 6) is -0.150. The third kappa shape index (κ3) is 5.30. The lowest BCUT2D eigenvalue weighted by Crippen LogP contribution is -2.34. The number of amides is 1. The second kappa shape index (κ2) is 7.93. The van der Waals surface area contributed by atoms with Gasteiger partial charge < -0.3 is 15.4 Å². The van der Waals surface area contributed by atoms with Crippen LogP contribution in [-0.4, -0.2) is 37.1 Å². The van der Waals surface area contributed by atoms with E-state index in [0.29, 0.717) is 18.9 Å². The first-order chi connectivity index (χ1) is 9.82. The van der Waals surface area contributed by atoms with Crippen LogP contribution in [0.4, 0.5) is 8.78 Å². The van der Waals surface area contributed by atoms with Gasteiger partial charge in [-0.3, -0.25) is 4.79 Å². The second-order valence-electron chi connectivity index (χ2n) is 5.30. The summed E-state index contributed by atoms with van der Waals surface area (Å²) in [7, 11) is 1.62. The van der Waals surface area contributed by atoms with Gasteiger partial charge in [-0.05, 0) is 24.5 Å². The van der Waals surface area contributed by atoms with Crippen molar-refractivity contribution in [1.29, 1.82) is 0 Å². The van der Waals surface area contributed by atoms with Crippen molar-refractivity contribution in [2.75, 3.05) is 13.6 Å². The maximum atomic E-state index is 12.3. The molecule has 1 amide bonds. The van der Waals surface area contributed by atoms with Crippen molar-refractivity contribution in [2.45, 2.75) is 32.9 Å². The van der Waals surface area contributed by atoms with Gasteiger partial charge in [-0.25, -0.2) is 0 Å². The van der Waals surface area contributed by atoms with Gasteiger partial charge in [0, 0.05) is 19.6 Å². The van der Waals surface area contributed by atoms with Crippen LogP contribution in [0.15, 0.2) is 24.3 Å². The average molecular weight is 300 g/mol. The van der Waals surface area contributed by atoms with Crippen LogP contribution in [0.3, 0.4) is 0 Å². The summed E-state index contributed by atoms with van der Waals surface area (Å²) in [6.45, 7) is 1.52. The molecular weight excluding hydrogens is 278 g/mol. The van der Waals surface area contributed by atoms with Gasteiger partial charge in [0.25, 0.3) is 5.91 Å². The molecule has 0 aliphatic carbocycles. The van der Waals surface area contributed by atoms with E-state index in [9.17, 15) is 13.6 Å². The number of rotatable bonds is 7. The van der Waals surface area contributed by atoms with Crippen molar-refractivity contribution in [3.63, 3.8) is 0 Å². The van der Waals surface area contributed by atoms with Crippen molar-refractivity contribution >= 4 is 5.91 Å². The van der Waals surface area contributed by atoms with Gasteiger partial charge in [0.2, 0.25) is 0 Å². The quantitative estimate of drug-likeness (QED) is 0.842. The summed E-state index contributed by atoms with van der Waals surface area (Å²) in [6, 6.07) is 5.97. The number of hydrogen-bond acceptors (Lipinski definition) is 3. The topological polar surface area (TPSA) is 55.6 Å². The molecule has 0 spiro atoms. The van der Waals surface area contributed by atoms with Crippen LogP contribution in [-0.2, 0) is 0 Å². The predicted molar refractivity (Wildman–Crippen MR) is 77.5 cm³/mol. The van der Waals surface area contributed by atoms with Crippen molar-refractivity contribution in [2.24, 2.45) is 11.7 Å². The van der Waals surface area contributed by atoms with Crippen LogP contribution in [0.1, 0.15) is 30.6 Å². The molecule has 0 fully saturated rings. The number of nitrogens with two attached hydrogens (primary N) is 1. The van der Waals surface area contributed by atoms with Crippen LogP contribution in [0.25, 0.3) is 0 Å². The maximum Gasteiger partial charge on any atom is 0.387 e. The number of carbonyl (C=O) groups excluding carboxylic acids is 1. The third-order valence-electron chi connectivity index (χ3n) is 3.33. The molecule has 2 N–H and O–H groups in total. The van der Waals surface area contributed by atoms with Crippen LogP contribution in [0.2, 0.25) is 0 Å². The molecule has 0 aliphatic rings. The normalized spacial score (nSPS) is 12.6. The Hall–Kier alpha value is -1.69. The maximum absolute atomic E-state index is 12.3. The molecule has 0 saturated carbocycles. The Labute approximate surface area is 123 Å². The molecule has 1 rings (SSSR count). The summed E-state index contributed by atoms with van der Waals surface area (Å²) in [5.41, 5.74) is 6.06. The first-order valence-electron chi connectivity index (χ1n) is 6.87. The van der Waals surface area contributed by atoms with E-state index in [1.807, 2.05) is 13.8 Å². The Morgan fingerprint density at radius 1 is 1.33 bits per heavy atom. The molecule has 0 bridgehead atoms. The molecule has 0 radical (unpaired) electrons. The van der Waals surface area contributed by atoms with Crippen molar-refractivity contribution < 1.29 is 18.3 Å². The van der Waals surface area contributed by atoms with Crippen molar-refractivity contribution in [3.8, 4) is 5.75 Å². The predicted octanol–water partition coefficient (Wildman–Crippen LogP) is 2.73. The highest BCUT2D eigenvalue weighted by atomic mass is 19.3. The lowest BCUT2D eigenvalue weighted by atomic mass is 10.0. The molecule has 1 atom stereocenters. The summed E-state index contributed by atoms with van der Waals surface area (Å²) >= 11 is 0. The number of para-hydroxylation sites is 1. The molecule has 1 aromatic rings. The van der Waals surface area contributed by atoms with Gasteiger partial charge in [0.1, 0.15) is 5.75 Å². The summed E-state index contributed by atoms with van der Waals surface area (Å²) < 4.78 is 29.1. The molecule has 118 valence electrons. The summed E-state index contributed by atoms with van der Waals surface area (Å²) in [4.78, 5) is 13.8. The molecule has 1 aromatic carbocycles. The van der Waals surface area contributed by atoms with Gasteiger partial charge in [0.05, 0.1) is 5.56 Å². The minimum Gasteiger partial charge on any atom is -0.434 e. The molecule has 1 unspecified atom stereocenters. The van der Waals surface area contributed by atoms with Crippen molar-refractivity contribution in [1.82, 2.24) is 4.90 Å². The third-order valence-corrected chi connectivity index (χ3v) is 3.33. The lowest BCUT2D eigenvalue weighted by Gasteiger charge is -2.22. The van der Waals surface area contributed by atoms with E-state index in [1.165, 1.54) is 17.0 Å². The first-order valence-corrected chi connectivity index (χ1v) is 6.87. The molecule has 0 saturated heterocycles. The zero-order chi connectivity index (χ0) is 16.0. The van der Waals surface area contributed by atoms with E-state index in [0.717, 1.165) is 0 Å². The highest BCUT2D eigenvalue weighted by molar-refractivity contribution is 5.96. The van der Waals surface area contributed by atoms with E-state index >= 15 is 0 Å². The van der Waals surface area contributed by atoms with Gasteiger partial charge in [0.15, 0.2) is 0 Å². The van der Waals surface area contributed by atoms with Crippen LogP contribution in [0.5, 0.6) is 5.75 Å². The summed E-state index contributed by atoms with van der Waals surface area (Å²) in [6.07, 6.45) is 0.651. The van der Waals surface area contributed by atoms with E-state index < -0.39 is 6.61 Å². The van der Waals surface area contributed by atoms with Gasteiger partial charge >= 0.3 is 6.61 Å². The summed E-state index contributed by atoms with van der Waals surface area (Å²) in [5, 5.41) is 0. The van der Waals surface area contributed by atoms with E-state index in [-0.39, 0.29) is 23.3 Å². The molecular formula is C15H22F2N2O2. The number of alkyl halides is 2. The highest BCUT2D eigenvalue weighted by Gasteiger charge is 2.19. The monoisotopic (exact) mass is 300 g/mol. The van der Waals surface area contributed by atoms with E-state index in [1.54, 1.807) is 19.2 Å². The number of hydrogen-bond donors (Lipinski definition) is 1. The smallest absolute Gasteiger partial charge is 0.387 e. The van der Waals surface area contributed by atoms with Crippen molar-refractivity contribution in [3.05, 3.63) is 29.8 Å². The Kier molecular flexibility index (Phi) is 6.55. The Morgan fingerprint density at radius 2 is 1.95 bits per heavy atom. The first kappa shape index (κ1) is 17.4. The van der Waals surface area contributed by atoms with Gasteiger partial charge in [-0.1, -0.05) is 26.0 Å². The van der Waals surface area contributed by atoms with Gasteiger partial charge in [-0.2, -0.15) is 8.78 Å². The Bertz CT molecular complexity index is 467. The SMILES string of the molecule is CC(C)C(N)CCN(C)C(=O)c1ccccc1OC(F)F. The zero-order valence-electron chi connectivity index (χ0n) is 12.6. The highest BCUT2D eigenvalue weighted by Crippen LogP contribution is 2.21. The zero-order valence-corrected chi connectivity index (χ0v) is 12.6. The van der Waals surface area contributed by atoms with Gasteiger partial charge in [-0.15, -0.1) is 0 Å². The molecule has 0 aliphatic heterocycles. The largest absolute Gasteiger partial charge is 0.434 e. The molecule has 21 heavy (non-hydrogen) atoms. The van der Waals surface area contributed by atoms with E-state index in [2.05, 4.69) is 4.74 Å². The second-order valence-corrected chi connectivity index (χ2v) is 5.30. The molecule has 4 nitrogen and oxygen atoms in total. The number of halogens is 2. The number of carbonyl (C=O) groups is 1. The minimum absolute atomic E-state index is 0.00666. The van der Waals surface area contributed by atoms with Crippen LogP contribution < -0.4 is 10.5 Å². The fourth-order valence-electron chi connectivity index (χ4n) is 1.83. The average Bonchev–Trinajstić information content (AvgIpc) is 2.43. The minimum atomic E-state index is -2.96. The lowest BCUT2D eigenvalue weighted by molar-refractivity contribution is -0.0502. The molecule has 6 heteroatoms.